The van der Waals surface area contributed by atoms with E-state index in [9.17, 15) is 14.7 Å². The fourth-order valence-corrected chi connectivity index (χ4v) is 2.88. The van der Waals surface area contributed by atoms with Crippen LogP contribution in [-0.2, 0) is 4.79 Å². The number of carboxylic acid groups (broad SMARTS) is 1. The summed E-state index contributed by atoms with van der Waals surface area (Å²) in [4.78, 5) is 23.4. The highest BCUT2D eigenvalue weighted by molar-refractivity contribution is 7.99. The highest BCUT2D eigenvalue weighted by Gasteiger charge is 2.25. The Labute approximate surface area is 126 Å². The molecule has 1 atom stereocenters. The van der Waals surface area contributed by atoms with E-state index < -0.39 is 5.97 Å². The normalized spacial score (nSPS) is 17.3. The lowest BCUT2D eigenvalue weighted by Crippen LogP contribution is -2.37. The van der Waals surface area contributed by atoms with Gasteiger partial charge in [-0.15, -0.1) is 11.8 Å². The molecule has 1 aliphatic heterocycles. The van der Waals surface area contributed by atoms with Crippen LogP contribution in [0.4, 0.5) is 5.69 Å². The van der Waals surface area contributed by atoms with E-state index >= 15 is 0 Å². The van der Waals surface area contributed by atoms with Crippen LogP contribution in [0.5, 0.6) is 11.5 Å². The highest BCUT2D eigenvalue weighted by atomic mass is 32.2. The van der Waals surface area contributed by atoms with Crippen LogP contribution in [0.3, 0.4) is 0 Å². The number of benzene rings is 1. The molecule has 0 saturated carbocycles. The second-order valence-electron chi connectivity index (χ2n) is 4.32. The van der Waals surface area contributed by atoms with Gasteiger partial charge in [0.05, 0.1) is 31.5 Å². The Morgan fingerprint density at radius 1 is 1.33 bits per heavy atom. The maximum absolute atomic E-state index is 12.1. The molecule has 21 heavy (non-hydrogen) atoms. The molecule has 1 aromatic rings. The van der Waals surface area contributed by atoms with E-state index in [1.54, 1.807) is 11.8 Å². The predicted octanol–water partition coefficient (Wildman–Crippen LogP) is 1.00. The van der Waals surface area contributed by atoms with Crippen LogP contribution in [0.2, 0.25) is 0 Å². The van der Waals surface area contributed by atoms with Crippen LogP contribution in [0, 0.1) is 0 Å². The van der Waals surface area contributed by atoms with Crippen molar-refractivity contribution in [3.05, 3.63) is 17.7 Å². The molecule has 7 nitrogen and oxygen atoms in total. The number of carbonyl (C=O) groups excluding carboxylic acids is 1. The molecule has 1 heterocycles. The summed E-state index contributed by atoms with van der Waals surface area (Å²) in [5, 5.41) is 14.9. The maximum Gasteiger partial charge on any atom is 0.337 e. The van der Waals surface area contributed by atoms with Gasteiger partial charge < -0.3 is 19.9 Å². The number of hydrogen-bond donors (Lipinski definition) is 3. The zero-order valence-corrected chi connectivity index (χ0v) is 12.5. The lowest BCUT2D eigenvalue weighted by Gasteiger charge is -2.15. The van der Waals surface area contributed by atoms with Crippen molar-refractivity contribution >= 4 is 29.3 Å². The second kappa shape index (κ2) is 6.68. The van der Waals surface area contributed by atoms with Gasteiger partial charge in [-0.1, -0.05) is 0 Å². The lowest BCUT2D eigenvalue weighted by atomic mass is 10.1. The Hall–Kier alpha value is -1.93. The third kappa shape index (κ3) is 3.40. The van der Waals surface area contributed by atoms with Gasteiger partial charge in [0.1, 0.15) is 0 Å². The highest BCUT2D eigenvalue weighted by Crippen LogP contribution is 2.33. The Balaban J connectivity index is 2.31. The molecular formula is C13H16N2O5S. The number of carbonyl (C=O) groups is 2. The number of methoxy groups -OCH3 is 2. The fraction of sp³-hybridized carbons (Fsp3) is 0.385. The van der Waals surface area contributed by atoms with E-state index in [1.165, 1.54) is 26.4 Å². The minimum atomic E-state index is -1.15. The van der Waals surface area contributed by atoms with Crippen LogP contribution in [0.15, 0.2) is 12.1 Å². The first kappa shape index (κ1) is 15.5. The van der Waals surface area contributed by atoms with Gasteiger partial charge in [0, 0.05) is 23.8 Å². The summed E-state index contributed by atoms with van der Waals surface area (Å²) < 4.78 is 10.2. The number of thioether (sulfide) groups is 1. The molecule has 1 amide bonds. The van der Waals surface area contributed by atoms with Gasteiger partial charge >= 0.3 is 5.97 Å². The summed E-state index contributed by atoms with van der Waals surface area (Å²) in [7, 11) is 2.86. The van der Waals surface area contributed by atoms with Crippen molar-refractivity contribution in [2.45, 2.75) is 6.04 Å². The predicted molar refractivity (Wildman–Crippen MR) is 79.4 cm³/mol. The lowest BCUT2D eigenvalue weighted by molar-refractivity contribution is -0.117. The summed E-state index contributed by atoms with van der Waals surface area (Å²) in [6, 6.07) is 2.44. The Morgan fingerprint density at radius 3 is 2.52 bits per heavy atom. The monoisotopic (exact) mass is 312 g/mol. The van der Waals surface area contributed by atoms with Crippen molar-refractivity contribution in [3.63, 3.8) is 0 Å². The topological polar surface area (TPSA) is 96.9 Å². The summed E-state index contributed by atoms with van der Waals surface area (Å²) in [5.74, 6) is 0.584. The quantitative estimate of drug-likeness (QED) is 0.746. The molecule has 1 saturated heterocycles. The number of hydrogen-bond acceptors (Lipinski definition) is 6. The van der Waals surface area contributed by atoms with Crippen molar-refractivity contribution in [1.29, 1.82) is 0 Å². The van der Waals surface area contributed by atoms with Crippen molar-refractivity contribution in [3.8, 4) is 11.5 Å². The summed E-state index contributed by atoms with van der Waals surface area (Å²) >= 11 is 1.61. The van der Waals surface area contributed by atoms with Crippen molar-refractivity contribution in [1.82, 2.24) is 5.32 Å². The third-order valence-corrected chi connectivity index (χ3v) is 3.98. The molecule has 0 radical (unpaired) electrons. The second-order valence-corrected chi connectivity index (χ2v) is 5.35. The van der Waals surface area contributed by atoms with E-state index in [-0.39, 0.29) is 23.2 Å². The minimum absolute atomic E-state index is 0.0494. The molecule has 0 bridgehead atoms. The van der Waals surface area contributed by atoms with Gasteiger partial charge in [-0.2, -0.15) is 0 Å². The Bertz CT molecular complexity index is 558. The number of amides is 1. The molecule has 8 heteroatoms. The fourth-order valence-electron chi connectivity index (χ4n) is 1.94. The average Bonchev–Trinajstić information content (AvgIpc) is 3.00. The van der Waals surface area contributed by atoms with E-state index in [4.69, 9.17) is 9.47 Å². The van der Waals surface area contributed by atoms with Crippen LogP contribution < -0.4 is 20.1 Å². The number of aromatic carboxylic acids is 1. The van der Waals surface area contributed by atoms with E-state index in [0.717, 1.165) is 0 Å². The molecular weight excluding hydrogens is 296 g/mol. The maximum atomic E-state index is 12.1. The van der Waals surface area contributed by atoms with E-state index in [0.29, 0.717) is 23.1 Å². The third-order valence-electron chi connectivity index (χ3n) is 3.04. The van der Waals surface area contributed by atoms with Gasteiger partial charge in [-0.3, -0.25) is 10.1 Å². The zero-order chi connectivity index (χ0) is 15.4. The van der Waals surface area contributed by atoms with E-state index in [1.807, 2.05) is 0 Å². The number of nitrogens with one attached hydrogen (secondary N) is 2. The van der Waals surface area contributed by atoms with E-state index in [2.05, 4.69) is 10.6 Å². The molecule has 0 aromatic heterocycles. The van der Waals surface area contributed by atoms with Crippen molar-refractivity contribution in [2.75, 3.05) is 31.2 Å². The number of ether oxygens (including phenoxy) is 2. The summed E-state index contributed by atoms with van der Waals surface area (Å²) in [6.07, 6.45) is 0. The molecule has 1 aliphatic rings. The van der Waals surface area contributed by atoms with Gasteiger partial charge in [-0.05, 0) is 0 Å². The SMILES string of the molecule is COc1cc(NC(=O)C2CSCN2)c(C(=O)O)cc1OC. The van der Waals surface area contributed by atoms with Gasteiger partial charge in [-0.25, -0.2) is 4.79 Å². The molecule has 114 valence electrons. The summed E-state index contributed by atoms with van der Waals surface area (Å²) in [5.41, 5.74) is 0.135. The standard InChI is InChI=1S/C13H16N2O5S/c1-19-10-3-7(13(17)18)8(4-11(10)20-2)15-12(16)9-5-21-6-14-9/h3-4,9,14H,5-6H2,1-2H3,(H,15,16)(H,17,18). The first-order valence-corrected chi connectivity index (χ1v) is 7.33. The van der Waals surface area contributed by atoms with Crippen LogP contribution in [-0.4, -0.2) is 48.9 Å². The molecule has 2 rings (SSSR count). The summed E-state index contributed by atoms with van der Waals surface area (Å²) in [6.45, 7) is 0. The molecule has 1 fully saturated rings. The van der Waals surface area contributed by atoms with Gasteiger partial charge in [0.25, 0.3) is 0 Å². The first-order chi connectivity index (χ1) is 10.1. The molecule has 3 N–H and O–H groups in total. The Morgan fingerprint density at radius 2 is 2.00 bits per heavy atom. The van der Waals surface area contributed by atoms with Gasteiger partial charge in [0.15, 0.2) is 11.5 Å². The smallest absolute Gasteiger partial charge is 0.337 e. The minimum Gasteiger partial charge on any atom is -0.493 e. The molecule has 0 aliphatic carbocycles. The number of rotatable bonds is 5. The van der Waals surface area contributed by atoms with Crippen molar-refractivity contribution in [2.24, 2.45) is 0 Å². The molecule has 0 spiro atoms. The van der Waals surface area contributed by atoms with Crippen LogP contribution >= 0.6 is 11.8 Å². The first-order valence-electron chi connectivity index (χ1n) is 6.18. The largest absolute Gasteiger partial charge is 0.493 e. The number of carboxylic acids is 1. The van der Waals surface area contributed by atoms with Crippen molar-refractivity contribution < 1.29 is 24.2 Å². The average molecular weight is 312 g/mol. The zero-order valence-electron chi connectivity index (χ0n) is 11.6. The van der Waals surface area contributed by atoms with Crippen LogP contribution in [0.1, 0.15) is 10.4 Å². The molecule has 1 unspecified atom stereocenters. The molecule has 1 aromatic carbocycles. The van der Waals surface area contributed by atoms with Crippen LogP contribution in [0.25, 0.3) is 0 Å². The van der Waals surface area contributed by atoms with Gasteiger partial charge in [0.2, 0.25) is 5.91 Å². The Kier molecular flexibility index (Phi) is 4.92. The number of anilines is 1.